The maximum atomic E-state index is 12.6. The van der Waals surface area contributed by atoms with Gasteiger partial charge in [-0.15, -0.1) is 0 Å². The zero-order valence-corrected chi connectivity index (χ0v) is 12.4. The van der Waals surface area contributed by atoms with Crippen LogP contribution in [0, 0.1) is 0 Å². The van der Waals surface area contributed by atoms with Gasteiger partial charge < -0.3 is 9.64 Å². The first-order chi connectivity index (χ1) is 10.2. The number of halogens is 1. The molecule has 2 aromatic rings. The first-order valence-corrected chi connectivity index (χ1v) is 7.34. The Bertz CT molecular complexity index is 756. The molecule has 2 aliphatic heterocycles. The minimum Gasteiger partial charge on any atom is -0.497 e. The van der Waals surface area contributed by atoms with Gasteiger partial charge in [-0.1, -0.05) is 29.8 Å². The van der Waals surface area contributed by atoms with Crippen LogP contribution in [0.2, 0.25) is 5.02 Å². The first-order valence-electron chi connectivity index (χ1n) is 6.97. The Hall–Kier alpha value is -2.00. The maximum Gasteiger partial charge on any atom is 0.256 e. The van der Waals surface area contributed by atoms with Crippen molar-refractivity contribution in [2.24, 2.45) is 0 Å². The highest BCUT2D eigenvalue weighted by molar-refractivity contribution is 6.34. The third-order valence-corrected chi connectivity index (χ3v) is 4.71. The summed E-state index contributed by atoms with van der Waals surface area (Å²) in [4.78, 5) is 14.5. The molecule has 0 radical (unpaired) electrons. The summed E-state index contributed by atoms with van der Waals surface area (Å²) in [7, 11) is 1.67. The number of ether oxygens (including phenoxy) is 1. The number of hydrogen-bond acceptors (Lipinski definition) is 2. The van der Waals surface area contributed by atoms with E-state index in [0.29, 0.717) is 17.1 Å². The van der Waals surface area contributed by atoms with E-state index in [9.17, 15) is 4.79 Å². The third-order valence-electron chi connectivity index (χ3n) is 4.39. The van der Waals surface area contributed by atoms with Crippen LogP contribution in [-0.4, -0.2) is 24.5 Å². The Labute approximate surface area is 128 Å². The maximum absolute atomic E-state index is 12.6. The zero-order valence-electron chi connectivity index (χ0n) is 11.6. The van der Waals surface area contributed by atoms with Gasteiger partial charge in [0.2, 0.25) is 0 Å². The molecule has 21 heavy (non-hydrogen) atoms. The molecule has 0 spiro atoms. The van der Waals surface area contributed by atoms with Crippen molar-refractivity contribution in [1.29, 1.82) is 0 Å². The van der Waals surface area contributed by atoms with Gasteiger partial charge in [0, 0.05) is 6.54 Å². The molecule has 106 valence electrons. The molecule has 0 bridgehead atoms. The van der Waals surface area contributed by atoms with Crippen LogP contribution < -0.4 is 4.74 Å². The number of methoxy groups -OCH3 is 1. The minimum absolute atomic E-state index is 0.0131. The SMILES string of the molecule is COc1ccc2c(c1)CCN1C(=O)c3c(Cl)cccc3C21. The van der Waals surface area contributed by atoms with Crippen molar-refractivity contribution in [3.8, 4) is 5.75 Å². The molecule has 0 saturated carbocycles. The van der Waals surface area contributed by atoms with Crippen molar-refractivity contribution in [1.82, 2.24) is 4.90 Å². The Morgan fingerprint density at radius 1 is 1.24 bits per heavy atom. The summed E-state index contributed by atoms with van der Waals surface area (Å²) in [6, 6.07) is 11.8. The Morgan fingerprint density at radius 3 is 2.90 bits per heavy atom. The standard InChI is InChI=1S/C17H14ClNO2/c1-21-11-5-6-12-10(9-11)7-8-19-16(12)13-3-2-4-14(18)15(13)17(19)20/h2-6,9,16H,7-8H2,1H3. The molecule has 1 amide bonds. The molecule has 2 aromatic carbocycles. The average Bonchev–Trinajstić information content (AvgIpc) is 2.81. The lowest BCUT2D eigenvalue weighted by atomic mass is 9.90. The summed E-state index contributed by atoms with van der Waals surface area (Å²) < 4.78 is 5.30. The minimum atomic E-state index is -0.0131. The second-order valence-corrected chi connectivity index (χ2v) is 5.83. The van der Waals surface area contributed by atoms with Crippen molar-refractivity contribution in [2.45, 2.75) is 12.5 Å². The average molecular weight is 300 g/mol. The van der Waals surface area contributed by atoms with E-state index in [1.807, 2.05) is 23.1 Å². The molecule has 1 unspecified atom stereocenters. The van der Waals surface area contributed by atoms with Crippen LogP contribution in [0.4, 0.5) is 0 Å². The Kier molecular flexibility index (Phi) is 2.73. The number of hydrogen-bond donors (Lipinski definition) is 0. The molecule has 0 N–H and O–H groups in total. The second-order valence-electron chi connectivity index (χ2n) is 5.42. The van der Waals surface area contributed by atoms with Crippen LogP contribution in [0.5, 0.6) is 5.75 Å². The van der Waals surface area contributed by atoms with Crippen LogP contribution >= 0.6 is 11.6 Å². The molecule has 0 aliphatic carbocycles. The summed E-state index contributed by atoms with van der Waals surface area (Å²) in [6.07, 6.45) is 0.848. The quantitative estimate of drug-likeness (QED) is 0.807. The van der Waals surface area contributed by atoms with Crippen molar-refractivity contribution in [2.75, 3.05) is 13.7 Å². The smallest absolute Gasteiger partial charge is 0.256 e. The molecular formula is C17H14ClNO2. The van der Waals surface area contributed by atoms with E-state index in [1.165, 1.54) is 11.1 Å². The van der Waals surface area contributed by atoms with E-state index in [1.54, 1.807) is 13.2 Å². The van der Waals surface area contributed by atoms with E-state index < -0.39 is 0 Å². The largest absolute Gasteiger partial charge is 0.497 e. The fourth-order valence-corrected chi connectivity index (χ4v) is 3.69. The summed E-state index contributed by atoms with van der Waals surface area (Å²) in [6.45, 7) is 0.717. The van der Waals surface area contributed by atoms with E-state index in [-0.39, 0.29) is 11.9 Å². The lowest BCUT2D eigenvalue weighted by Crippen LogP contribution is -2.35. The van der Waals surface area contributed by atoms with Gasteiger partial charge in [-0.2, -0.15) is 0 Å². The van der Waals surface area contributed by atoms with Gasteiger partial charge in [-0.05, 0) is 41.3 Å². The van der Waals surface area contributed by atoms with Crippen molar-refractivity contribution in [3.05, 3.63) is 63.7 Å². The van der Waals surface area contributed by atoms with Crippen molar-refractivity contribution < 1.29 is 9.53 Å². The molecule has 4 rings (SSSR count). The van der Waals surface area contributed by atoms with E-state index in [0.717, 1.165) is 17.7 Å². The number of fused-ring (bicyclic) bond motifs is 5. The second kappa shape index (κ2) is 4.50. The summed E-state index contributed by atoms with van der Waals surface area (Å²) in [5, 5.41) is 0.543. The van der Waals surface area contributed by atoms with Gasteiger partial charge in [-0.25, -0.2) is 0 Å². The predicted octanol–water partition coefficient (Wildman–Crippen LogP) is 3.45. The lowest BCUT2D eigenvalue weighted by Gasteiger charge is -2.32. The normalized spacial score (nSPS) is 19.0. The van der Waals surface area contributed by atoms with E-state index in [4.69, 9.17) is 16.3 Å². The third kappa shape index (κ3) is 1.70. The van der Waals surface area contributed by atoms with E-state index in [2.05, 4.69) is 12.1 Å². The molecule has 0 saturated heterocycles. The molecule has 3 nitrogen and oxygen atoms in total. The zero-order chi connectivity index (χ0) is 14.6. The fraction of sp³-hybridized carbons (Fsp3) is 0.235. The molecular weight excluding hydrogens is 286 g/mol. The van der Waals surface area contributed by atoms with Crippen LogP contribution in [-0.2, 0) is 6.42 Å². The fourth-order valence-electron chi connectivity index (χ4n) is 3.42. The highest BCUT2D eigenvalue weighted by Gasteiger charge is 2.41. The Morgan fingerprint density at radius 2 is 2.10 bits per heavy atom. The predicted molar refractivity (Wildman–Crippen MR) is 81.0 cm³/mol. The van der Waals surface area contributed by atoms with E-state index >= 15 is 0 Å². The van der Waals surface area contributed by atoms with Gasteiger partial charge in [0.25, 0.3) is 5.91 Å². The highest BCUT2D eigenvalue weighted by Crippen LogP contribution is 2.45. The number of nitrogens with zero attached hydrogens (tertiary/aromatic N) is 1. The summed E-state index contributed by atoms with van der Waals surface area (Å²) in [5.41, 5.74) is 4.10. The molecule has 2 heterocycles. The molecule has 0 aromatic heterocycles. The molecule has 0 fully saturated rings. The van der Waals surface area contributed by atoms with Crippen LogP contribution in [0.25, 0.3) is 0 Å². The number of carbonyl (C=O) groups is 1. The summed E-state index contributed by atoms with van der Waals surface area (Å²) in [5.74, 6) is 0.903. The molecule has 2 aliphatic rings. The monoisotopic (exact) mass is 299 g/mol. The van der Waals surface area contributed by atoms with Gasteiger partial charge in [0.1, 0.15) is 5.75 Å². The van der Waals surface area contributed by atoms with Gasteiger partial charge in [0.15, 0.2) is 0 Å². The number of amides is 1. The number of benzene rings is 2. The van der Waals surface area contributed by atoms with Crippen LogP contribution in [0.15, 0.2) is 36.4 Å². The lowest BCUT2D eigenvalue weighted by molar-refractivity contribution is 0.0740. The molecule has 1 atom stereocenters. The topological polar surface area (TPSA) is 29.5 Å². The van der Waals surface area contributed by atoms with Gasteiger partial charge in [-0.3, -0.25) is 4.79 Å². The van der Waals surface area contributed by atoms with Gasteiger partial charge >= 0.3 is 0 Å². The Balaban J connectivity index is 1.92. The van der Waals surface area contributed by atoms with Crippen molar-refractivity contribution >= 4 is 17.5 Å². The highest BCUT2D eigenvalue weighted by atomic mass is 35.5. The molecule has 4 heteroatoms. The van der Waals surface area contributed by atoms with Gasteiger partial charge in [0.05, 0.1) is 23.7 Å². The number of rotatable bonds is 1. The van der Waals surface area contributed by atoms with Crippen LogP contribution in [0.1, 0.15) is 33.1 Å². The summed E-state index contributed by atoms with van der Waals surface area (Å²) >= 11 is 6.24. The van der Waals surface area contributed by atoms with Crippen molar-refractivity contribution in [3.63, 3.8) is 0 Å². The van der Waals surface area contributed by atoms with Crippen LogP contribution in [0.3, 0.4) is 0 Å². The first kappa shape index (κ1) is 12.7. The number of carbonyl (C=O) groups excluding carboxylic acids is 1.